The first-order valence-electron chi connectivity index (χ1n) is 9.14. The lowest BCUT2D eigenvalue weighted by Crippen LogP contribution is -2.47. The summed E-state index contributed by atoms with van der Waals surface area (Å²) in [5.41, 5.74) is 8.67. The highest BCUT2D eigenvalue weighted by Crippen LogP contribution is 2.22. The number of aryl methyl sites for hydroxylation is 2. The molecule has 0 spiro atoms. The first-order chi connectivity index (χ1) is 13.8. The number of primary amides is 1. The number of carbonyl (C=O) groups is 3. The molecule has 0 aliphatic rings. The third-order valence-corrected chi connectivity index (χ3v) is 4.55. The molecule has 3 N–H and O–H groups in total. The smallest absolute Gasteiger partial charge is 0.287 e. The fourth-order valence-electron chi connectivity index (χ4n) is 3.05. The van der Waals surface area contributed by atoms with Gasteiger partial charge in [0.05, 0.1) is 5.56 Å². The summed E-state index contributed by atoms with van der Waals surface area (Å²) in [6, 6.07) is 15.7. The molecule has 0 saturated heterocycles. The number of hydrogen-bond acceptors (Lipinski definition) is 4. The van der Waals surface area contributed by atoms with Crippen molar-refractivity contribution in [2.75, 3.05) is 0 Å². The summed E-state index contributed by atoms with van der Waals surface area (Å²) >= 11 is 0. The van der Waals surface area contributed by atoms with Crippen molar-refractivity contribution in [3.63, 3.8) is 0 Å². The molecule has 7 heteroatoms. The monoisotopic (exact) mass is 390 g/mol. The summed E-state index contributed by atoms with van der Waals surface area (Å²) in [5, 5.41) is 7.04. The van der Waals surface area contributed by atoms with E-state index in [1.54, 1.807) is 13.2 Å². The van der Waals surface area contributed by atoms with Crippen LogP contribution in [-0.2, 0) is 23.1 Å². The topological polar surface area (TPSA) is 107 Å². The molecule has 0 radical (unpaired) electrons. The highest BCUT2D eigenvalue weighted by atomic mass is 16.2. The molecule has 2 amide bonds. The van der Waals surface area contributed by atoms with E-state index in [1.807, 2.05) is 61.5 Å². The molecular formula is C22H22N4O3. The van der Waals surface area contributed by atoms with Crippen LogP contribution in [0.1, 0.15) is 21.5 Å². The number of amides is 2. The molecule has 0 saturated carbocycles. The first-order valence-corrected chi connectivity index (χ1v) is 9.14. The first kappa shape index (κ1) is 20.0. The Morgan fingerprint density at radius 1 is 1.07 bits per heavy atom. The van der Waals surface area contributed by atoms with E-state index in [0.717, 1.165) is 16.7 Å². The fraction of sp³-hybridized carbons (Fsp3) is 0.182. The average Bonchev–Trinajstić information content (AvgIpc) is 3.10. The van der Waals surface area contributed by atoms with Crippen molar-refractivity contribution in [2.24, 2.45) is 12.8 Å². The highest BCUT2D eigenvalue weighted by Gasteiger charge is 2.27. The maximum absolute atomic E-state index is 13.0. The van der Waals surface area contributed by atoms with Crippen LogP contribution in [0.15, 0.2) is 60.8 Å². The van der Waals surface area contributed by atoms with Gasteiger partial charge in [-0.25, -0.2) is 0 Å². The molecule has 3 aromatic rings. The Bertz CT molecular complexity index is 1040. The van der Waals surface area contributed by atoms with Crippen molar-refractivity contribution >= 4 is 17.6 Å². The Morgan fingerprint density at radius 3 is 2.34 bits per heavy atom. The molecule has 1 atom stereocenters. The second-order valence-electron chi connectivity index (χ2n) is 6.88. The van der Waals surface area contributed by atoms with Gasteiger partial charge >= 0.3 is 0 Å². The van der Waals surface area contributed by atoms with Gasteiger partial charge in [0.1, 0.15) is 11.7 Å². The molecule has 0 bridgehead atoms. The standard InChI is InChI=1S/C22H22N4O3/c1-14-8-10-16(11-9-14)19-17(13-26(2)25-19)22(29)24-18(20(27)21(23)28)12-15-6-4-3-5-7-15/h3-11,13,18H,12H2,1-2H3,(H2,23,28)(H,24,29). The number of nitrogens with zero attached hydrogens (tertiary/aromatic N) is 2. The lowest BCUT2D eigenvalue weighted by molar-refractivity contribution is -0.137. The number of benzene rings is 2. The van der Waals surface area contributed by atoms with E-state index in [1.165, 1.54) is 4.68 Å². The molecule has 0 aliphatic heterocycles. The Hall–Kier alpha value is -3.74. The number of hydrogen-bond donors (Lipinski definition) is 2. The van der Waals surface area contributed by atoms with Crippen LogP contribution in [0.5, 0.6) is 0 Å². The maximum Gasteiger partial charge on any atom is 0.287 e. The fourth-order valence-corrected chi connectivity index (χ4v) is 3.05. The SMILES string of the molecule is Cc1ccc(-c2nn(C)cc2C(=O)NC(Cc2ccccc2)C(=O)C(N)=O)cc1. The van der Waals surface area contributed by atoms with Crippen LogP contribution in [0.4, 0.5) is 0 Å². The minimum absolute atomic E-state index is 0.161. The zero-order valence-corrected chi connectivity index (χ0v) is 16.3. The number of carbonyl (C=O) groups excluding carboxylic acids is 3. The normalized spacial score (nSPS) is 11.7. The number of nitrogens with two attached hydrogens (primary N) is 1. The second-order valence-corrected chi connectivity index (χ2v) is 6.88. The Kier molecular flexibility index (Phi) is 5.87. The number of Topliss-reactive ketones (excluding diaryl/α,β-unsaturated/α-hetero) is 1. The van der Waals surface area contributed by atoms with Gasteiger partial charge in [0.15, 0.2) is 0 Å². The molecule has 29 heavy (non-hydrogen) atoms. The number of rotatable bonds is 7. The molecule has 7 nitrogen and oxygen atoms in total. The quantitative estimate of drug-likeness (QED) is 0.600. The molecule has 0 fully saturated rings. The molecule has 0 aliphatic carbocycles. The van der Waals surface area contributed by atoms with Gasteiger partial charge in [0, 0.05) is 25.2 Å². The van der Waals surface area contributed by atoms with Crippen molar-refractivity contribution in [3.8, 4) is 11.3 Å². The van der Waals surface area contributed by atoms with Gasteiger partial charge in [-0.1, -0.05) is 60.2 Å². The lowest BCUT2D eigenvalue weighted by Gasteiger charge is -2.16. The average molecular weight is 390 g/mol. The van der Waals surface area contributed by atoms with Crippen LogP contribution in [0.3, 0.4) is 0 Å². The largest absolute Gasteiger partial charge is 0.363 e. The summed E-state index contributed by atoms with van der Waals surface area (Å²) in [5.74, 6) is -2.43. The highest BCUT2D eigenvalue weighted by molar-refractivity contribution is 6.38. The van der Waals surface area contributed by atoms with Crippen LogP contribution < -0.4 is 11.1 Å². The van der Waals surface area contributed by atoms with E-state index < -0.39 is 23.6 Å². The van der Waals surface area contributed by atoms with Crippen molar-refractivity contribution in [1.29, 1.82) is 0 Å². The summed E-state index contributed by atoms with van der Waals surface area (Å²) < 4.78 is 1.53. The van der Waals surface area contributed by atoms with Crippen LogP contribution in [0.2, 0.25) is 0 Å². The van der Waals surface area contributed by atoms with Crippen molar-refractivity contribution < 1.29 is 14.4 Å². The molecule has 1 unspecified atom stereocenters. The van der Waals surface area contributed by atoms with Gasteiger partial charge < -0.3 is 11.1 Å². The summed E-state index contributed by atoms with van der Waals surface area (Å²) in [7, 11) is 1.71. The summed E-state index contributed by atoms with van der Waals surface area (Å²) in [6.07, 6.45) is 1.74. The second kappa shape index (κ2) is 8.52. The van der Waals surface area contributed by atoms with E-state index in [2.05, 4.69) is 10.4 Å². The number of ketones is 1. The van der Waals surface area contributed by atoms with Crippen molar-refractivity contribution in [3.05, 3.63) is 77.5 Å². The third kappa shape index (κ3) is 4.76. The minimum Gasteiger partial charge on any atom is -0.363 e. The van der Waals surface area contributed by atoms with Gasteiger partial charge in [-0.3, -0.25) is 19.1 Å². The van der Waals surface area contributed by atoms with E-state index in [-0.39, 0.29) is 6.42 Å². The van der Waals surface area contributed by atoms with Crippen molar-refractivity contribution in [2.45, 2.75) is 19.4 Å². The predicted molar refractivity (Wildman–Crippen MR) is 109 cm³/mol. The van der Waals surface area contributed by atoms with Gasteiger partial charge in [-0.2, -0.15) is 5.10 Å². The zero-order chi connectivity index (χ0) is 21.0. The molecule has 148 valence electrons. The third-order valence-electron chi connectivity index (χ3n) is 4.55. The van der Waals surface area contributed by atoms with Crippen molar-refractivity contribution in [1.82, 2.24) is 15.1 Å². The van der Waals surface area contributed by atoms with E-state index >= 15 is 0 Å². The summed E-state index contributed by atoms with van der Waals surface area (Å²) in [6.45, 7) is 1.97. The lowest BCUT2D eigenvalue weighted by atomic mass is 10.0. The number of aromatic nitrogens is 2. The van der Waals surface area contributed by atoms with Gasteiger partial charge in [-0.15, -0.1) is 0 Å². The van der Waals surface area contributed by atoms with Gasteiger partial charge in [-0.05, 0) is 12.5 Å². The maximum atomic E-state index is 13.0. The molecular weight excluding hydrogens is 368 g/mol. The van der Waals surface area contributed by atoms with Gasteiger partial charge in [0.25, 0.3) is 11.8 Å². The molecule has 3 rings (SSSR count). The predicted octanol–water partition coefficient (Wildman–Crippen LogP) is 1.79. The van der Waals surface area contributed by atoms with Crippen LogP contribution in [0.25, 0.3) is 11.3 Å². The Balaban J connectivity index is 1.89. The van der Waals surface area contributed by atoms with Crippen LogP contribution in [-0.4, -0.2) is 33.4 Å². The van der Waals surface area contributed by atoms with Crippen LogP contribution >= 0.6 is 0 Å². The van der Waals surface area contributed by atoms with E-state index in [9.17, 15) is 14.4 Å². The summed E-state index contributed by atoms with van der Waals surface area (Å²) in [4.78, 5) is 36.8. The molecule has 1 heterocycles. The zero-order valence-electron chi connectivity index (χ0n) is 16.3. The van der Waals surface area contributed by atoms with Crippen LogP contribution in [0, 0.1) is 6.92 Å². The molecule has 1 aromatic heterocycles. The Morgan fingerprint density at radius 2 is 1.72 bits per heavy atom. The number of nitrogens with one attached hydrogen (secondary N) is 1. The van der Waals surface area contributed by atoms with Gasteiger partial charge in [0.2, 0.25) is 5.78 Å². The molecule has 2 aromatic carbocycles. The van der Waals surface area contributed by atoms with E-state index in [0.29, 0.717) is 11.3 Å². The Labute approximate surface area is 168 Å². The minimum atomic E-state index is -1.09. The van der Waals surface area contributed by atoms with E-state index in [4.69, 9.17) is 5.73 Å².